The van der Waals surface area contributed by atoms with Gasteiger partial charge < -0.3 is 14.0 Å². The smallest absolute Gasteiger partial charge is 0.258 e. The summed E-state index contributed by atoms with van der Waals surface area (Å²) in [7, 11) is 1.63. The lowest BCUT2D eigenvalue weighted by Gasteiger charge is -2.10. The Morgan fingerprint density at radius 1 is 0.815 bits per heavy atom. The topological polar surface area (TPSA) is 57.4 Å². The van der Waals surface area contributed by atoms with Crippen LogP contribution in [0.1, 0.15) is 5.56 Å². The van der Waals surface area contributed by atoms with Crippen molar-refractivity contribution in [1.82, 2.24) is 10.1 Å². The van der Waals surface area contributed by atoms with E-state index in [1.807, 2.05) is 78.9 Å². The van der Waals surface area contributed by atoms with Crippen molar-refractivity contribution in [2.24, 2.45) is 0 Å². The SMILES string of the molecule is COc1ccccc1OCc1cccc(-c2nc(-c3ccccc3)no2)c1. The molecule has 1 heterocycles. The van der Waals surface area contributed by atoms with E-state index in [4.69, 9.17) is 14.0 Å². The van der Waals surface area contributed by atoms with Crippen molar-refractivity contribution in [3.05, 3.63) is 84.4 Å². The van der Waals surface area contributed by atoms with Crippen LogP contribution in [0.5, 0.6) is 11.5 Å². The predicted octanol–water partition coefficient (Wildman–Crippen LogP) is 4.99. The summed E-state index contributed by atoms with van der Waals surface area (Å²) in [5, 5.41) is 4.07. The molecule has 0 unspecified atom stereocenters. The molecule has 0 fully saturated rings. The predicted molar refractivity (Wildman–Crippen MR) is 102 cm³/mol. The van der Waals surface area contributed by atoms with Crippen LogP contribution in [0.15, 0.2) is 83.4 Å². The van der Waals surface area contributed by atoms with E-state index in [2.05, 4.69) is 10.1 Å². The minimum atomic E-state index is 0.411. The number of hydrogen-bond donors (Lipinski definition) is 0. The van der Waals surface area contributed by atoms with Crippen LogP contribution in [0.2, 0.25) is 0 Å². The summed E-state index contributed by atoms with van der Waals surface area (Å²) in [5.41, 5.74) is 2.77. The third-order valence-corrected chi connectivity index (χ3v) is 4.10. The Balaban J connectivity index is 1.52. The number of para-hydroxylation sites is 2. The van der Waals surface area contributed by atoms with Gasteiger partial charge in [-0.15, -0.1) is 0 Å². The first-order chi connectivity index (χ1) is 13.3. The van der Waals surface area contributed by atoms with Gasteiger partial charge in [0.15, 0.2) is 11.5 Å². The fourth-order valence-electron chi connectivity index (χ4n) is 2.74. The highest BCUT2D eigenvalue weighted by Crippen LogP contribution is 2.27. The molecule has 4 rings (SSSR count). The molecule has 0 atom stereocenters. The summed E-state index contributed by atoms with van der Waals surface area (Å²) in [6.45, 7) is 0.411. The lowest BCUT2D eigenvalue weighted by Crippen LogP contribution is -1.97. The van der Waals surface area contributed by atoms with Gasteiger partial charge in [0, 0.05) is 11.1 Å². The van der Waals surface area contributed by atoms with Gasteiger partial charge >= 0.3 is 0 Å². The molecule has 0 bridgehead atoms. The molecule has 0 amide bonds. The number of hydrogen-bond acceptors (Lipinski definition) is 5. The summed E-state index contributed by atoms with van der Waals surface area (Å²) in [6, 6.07) is 25.2. The van der Waals surface area contributed by atoms with E-state index in [1.165, 1.54) is 0 Å². The maximum absolute atomic E-state index is 5.89. The van der Waals surface area contributed by atoms with Crippen LogP contribution in [0.4, 0.5) is 0 Å². The normalized spacial score (nSPS) is 10.6. The zero-order valence-corrected chi connectivity index (χ0v) is 14.8. The molecule has 3 aromatic carbocycles. The highest BCUT2D eigenvalue weighted by molar-refractivity contribution is 5.60. The molecule has 27 heavy (non-hydrogen) atoms. The first-order valence-electron chi connectivity index (χ1n) is 8.58. The number of aromatic nitrogens is 2. The van der Waals surface area contributed by atoms with Crippen molar-refractivity contribution in [1.29, 1.82) is 0 Å². The molecule has 5 heteroatoms. The van der Waals surface area contributed by atoms with Gasteiger partial charge in [0.05, 0.1) is 7.11 Å². The number of nitrogens with zero attached hydrogens (tertiary/aromatic N) is 2. The number of methoxy groups -OCH3 is 1. The standard InChI is InChI=1S/C22H18N2O3/c1-25-19-12-5-6-13-20(19)26-15-16-8-7-11-18(14-16)22-23-21(24-27-22)17-9-3-2-4-10-17/h2-14H,15H2,1H3. The second-order valence-electron chi connectivity index (χ2n) is 5.93. The summed E-state index contributed by atoms with van der Waals surface area (Å²) in [4.78, 5) is 4.50. The van der Waals surface area contributed by atoms with Crippen molar-refractivity contribution >= 4 is 0 Å². The maximum Gasteiger partial charge on any atom is 0.258 e. The van der Waals surface area contributed by atoms with Gasteiger partial charge in [0.2, 0.25) is 5.82 Å². The lowest BCUT2D eigenvalue weighted by molar-refractivity contribution is 0.284. The zero-order valence-electron chi connectivity index (χ0n) is 14.8. The van der Waals surface area contributed by atoms with Crippen molar-refractivity contribution in [2.75, 3.05) is 7.11 Å². The minimum Gasteiger partial charge on any atom is -0.493 e. The van der Waals surface area contributed by atoms with Crippen molar-refractivity contribution in [3.63, 3.8) is 0 Å². The Morgan fingerprint density at radius 3 is 2.37 bits per heavy atom. The van der Waals surface area contributed by atoms with Gasteiger partial charge in [-0.1, -0.05) is 59.8 Å². The number of rotatable bonds is 6. The molecule has 0 saturated carbocycles. The number of ether oxygens (including phenoxy) is 2. The third kappa shape index (κ3) is 3.82. The summed E-state index contributed by atoms with van der Waals surface area (Å²) >= 11 is 0. The van der Waals surface area contributed by atoms with E-state index in [0.717, 1.165) is 16.7 Å². The van der Waals surface area contributed by atoms with Crippen molar-refractivity contribution in [2.45, 2.75) is 6.61 Å². The quantitative estimate of drug-likeness (QED) is 0.486. The van der Waals surface area contributed by atoms with Gasteiger partial charge in [-0.3, -0.25) is 0 Å². The Morgan fingerprint density at radius 2 is 1.56 bits per heavy atom. The molecule has 0 N–H and O–H groups in total. The van der Waals surface area contributed by atoms with Gasteiger partial charge in [0.1, 0.15) is 6.61 Å². The highest BCUT2D eigenvalue weighted by atomic mass is 16.5. The molecule has 0 radical (unpaired) electrons. The largest absolute Gasteiger partial charge is 0.493 e. The van der Waals surface area contributed by atoms with Crippen LogP contribution in [-0.4, -0.2) is 17.3 Å². The van der Waals surface area contributed by atoms with E-state index >= 15 is 0 Å². The highest BCUT2D eigenvalue weighted by Gasteiger charge is 2.11. The molecule has 0 spiro atoms. The summed E-state index contributed by atoms with van der Waals surface area (Å²) < 4.78 is 16.6. The average Bonchev–Trinajstić information content (AvgIpc) is 3.24. The molecule has 4 aromatic rings. The Bertz CT molecular complexity index is 1030. The van der Waals surface area contributed by atoms with E-state index in [-0.39, 0.29) is 0 Å². The molecular weight excluding hydrogens is 340 g/mol. The van der Waals surface area contributed by atoms with E-state index in [1.54, 1.807) is 7.11 Å². The Kier molecular flexibility index (Phi) is 4.83. The monoisotopic (exact) mass is 358 g/mol. The molecule has 5 nitrogen and oxygen atoms in total. The van der Waals surface area contributed by atoms with E-state index in [0.29, 0.717) is 29.8 Å². The Labute approximate surface area is 157 Å². The van der Waals surface area contributed by atoms with Crippen LogP contribution in [0, 0.1) is 0 Å². The van der Waals surface area contributed by atoms with Gasteiger partial charge in [-0.05, 0) is 29.8 Å². The van der Waals surface area contributed by atoms with Crippen LogP contribution in [-0.2, 0) is 6.61 Å². The fourth-order valence-corrected chi connectivity index (χ4v) is 2.74. The second-order valence-corrected chi connectivity index (χ2v) is 5.93. The molecule has 0 aliphatic rings. The maximum atomic E-state index is 5.89. The zero-order chi connectivity index (χ0) is 18.5. The first-order valence-corrected chi connectivity index (χ1v) is 8.58. The molecule has 134 valence electrons. The molecule has 0 aliphatic carbocycles. The van der Waals surface area contributed by atoms with Crippen molar-refractivity contribution in [3.8, 4) is 34.3 Å². The minimum absolute atomic E-state index is 0.411. The van der Waals surface area contributed by atoms with Gasteiger partial charge in [0.25, 0.3) is 5.89 Å². The van der Waals surface area contributed by atoms with Crippen LogP contribution < -0.4 is 9.47 Å². The summed E-state index contributed by atoms with van der Waals surface area (Å²) in [5.74, 6) is 2.46. The van der Waals surface area contributed by atoms with Gasteiger partial charge in [-0.2, -0.15) is 4.98 Å². The molecule has 0 aliphatic heterocycles. The van der Waals surface area contributed by atoms with E-state index < -0.39 is 0 Å². The Hall–Kier alpha value is -3.60. The molecule has 0 saturated heterocycles. The summed E-state index contributed by atoms with van der Waals surface area (Å²) in [6.07, 6.45) is 0. The van der Waals surface area contributed by atoms with E-state index in [9.17, 15) is 0 Å². The molecular formula is C22H18N2O3. The molecule has 1 aromatic heterocycles. The van der Waals surface area contributed by atoms with Gasteiger partial charge in [-0.25, -0.2) is 0 Å². The van der Waals surface area contributed by atoms with Crippen LogP contribution in [0.25, 0.3) is 22.8 Å². The first kappa shape index (κ1) is 16.8. The van der Waals surface area contributed by atoms with Crippen molar-refractivity contribution < 1.29 is 14.0 Å². The van der Waals surface area contributed by atoms with Crippen LogP contribution >= 0.6 is 0 Å². The van der Waals surface area contributed by atoms with Crippen LogP contribution in [0.3, 0.4) is 0 Å². The third-order valence-electron chi connectivity index (χ3n) is 4.10. The lowest BCUT2D eigenvalue weighted by atomic mass is 10.1. The fraction of sp³-hybridized carbons (Fsp3) is 0.0909. The second kappa shape index (κ2) is 7.74. The number of benzene rings is 3. The average molecular weight is 358 g/mol.